The lowest BCUT2D eigenvalue weighted by Crippen LogP contribution is -2.48. The molecule has 0 bridgehead atoms. The number of morpholine rings is 2. The fourth-order valence-electron chi connectivity index (χ4n) is 4.59. The van der Waals surface area contributed by atoms with E-state index in [1.165, 1.54) is 0 Å². The van der Waals surface area contributed by atoms with Crippen LogP contribution in [0.5, 0.6) is 11.5 Å². The van der Waals surface area contributed by atoms with E-state index in [0.717, 1.165) is 26.2 Å². The Morgan fingerprint density at radius 3 is 1.34 bits per heavy atom. The van der Waals surface area contributed by atoms with Gasteiger partial charge in [0.25, 0.3) is 0 Å². The summed E-state index contributed by atoms with van der Waals surface area (Å²) in [4.78, 5) is 4.43. The molecule has 182 valence electrons. The molecule has 2 aliphatic heterocycles. The first kappa shape index (κ1) is 25.2. The summed E-state index contributed by atoms with van der Waals surface area (Å²) in [5.41, 5.74) is 0. The zero-order valence-corrected chi connectivity index (χ0v) is 19.9. The summed E-state index contributed by atoms with van der Waals surface area (Å²) >= 11 is 0. The van der Waals surface area contributed by atoms with Crippen LogP contribution in [-0.4, -0.2) is 109 Å². The van der Waals surface area contributed by atoms with Crippen LogP contribution in [0.15, 0.2) is 24.3 Å². The van der Waals surface area contributed by atoms with E-state index in [1.54, 1.807) is 0 Å². The third kappa shape index (κ3) is 8.50. The van der Waals surface area contributed by atoms with Crippen molar-refractivity contribution in [2.24, 2.45) is 0 Å². The molecule has 0 aliphatic carbocycles. The number of nitrogens with zero attached hydrogens (tertiary/aromatic N) is 2. The monoisotopic (exact) mass is 452 g/mol. The predicted molar refractivity (Wildman–Crippen MR) is 122 cm³/mol. The number of hydrogen-bond acceptors (Lipinski definition) is 8. The zero-order chi connectivity index (χ0) is 23.1. The van der Waals surface area contributed by atoms with E-state index in [-0.39, 0.29) is 37.6 Å². The maximum absolute atomic E-state index is 10.3. The fourth-order valence-corrected chi connectivity index (χ4v) is 4.59. The highest BCUT2D eigenvalue weighted by molar-refractivity contribution is 5.31. The fraction of sp³-hybridized carbons (Fsp3) is 0.750. The number of rotatable bonds is 10. The SMILES string of the molecule is C[C@@H]1CN(C[C@@H](O)COc2ccc(OC[C@@H](O)CN3C[C@@H](C)O[C@@H](C)C3)cc2)C[C@@H](C)O1. The maximum Gasteiger partial charge on any atom is 0.119 e. The maximum atomic E-state index is 10.3. The van der Waals surface area contributed by atoms with Gasteiger partial charge in [-0.05, 0) is 52.0 Å². The van der Waals surface area contributed by atoms with Crippen LogP contribution in [-0.2, 0) is 9.47 Å². The summed E-state index contributed by atoms with van der Waals surface area (Å²) in [6, 6.07) is 7.27. The summed E-state index contributed by atoms with van der Waals surface area (Å²) in [5.74, 6) is 1.36. The third-order valence-electron chi connectivity index (χ3n) is 5.64. The van der Waals surface area contributed by atoms with Crippen molar-refractivity contribution in [3.63, 3.8) is 0 Å². The highest BCUT2D eigenvalue weighted by Gasteiger charge is 2.25. The Labute approximate surface area is 192 Å². The average Bonchev–Trinajstić information content (AvgIpc) is 2.70. The molecule has 2 N–H and O–H groups in total. The van der Waals surface area contributed by atoms with E-state index in [0.29, 0.717) is 24.6 Å². The van der Waals surface area contributed by atoms with Crippen LogP contribution in [0, 0.1) is 0 Å². The molecule has 1 aromatic carbocycles. The third-order valence-corrected chi connectivity index (χ3v) is 5.64. The zero-order valence-electron chi connectivity index (χ0n) is 19.9. The van der Waals surface area contributed by atoms with Crippen LogP contribution in [0.4, 0.5) is 0 Å². The number of hydrogen-bond donors (Lipinski definition) is 2. The van der Waals surface area contributed by atoms with Gasteiger partial charge in [-0.3, -0.25) is 9.80 Å². The molecule has 8 nitrogen and oxygen atoms in total. The Bertz CT molecular complexity index is 598. The molecule has 2 heterocycles. The van der Waals surface area contributed by atoms with Crippen LogP contribution < -0.4 is 9.47 Å². The van der Waals surface area contributed by atoms with E-state index in [9.17, 15) is 10.2 Å². The summed E-state index contributed by atoms with van der Waals surface area (Å²) in [6.45, 7) is 13.1. The van der Waals surface area contributed by atoms with Crippen molar-refractivity contribution < 1.29 is 29.2 Å². The Hall–Kier alpha value is -1.42. The first-order chi connectivity index (χ1) is 15.3. The average molecular weight is 453 g/mol. The number of aliphatic hydroxyl groups is 2. The van der Waals surface area contributed by atoms with Gasteiger partial charge in [-0.1, -0.05) is 0 Å². The lowest BCUT2D eigenvalue weighted by molar-refractivity contribution is -0.0790. The molecule has 2 saturated heterocycles. The minimum Gasteiger partial charge on any atom is -0.491 e. The van der Waals surface area contributed by atoms with Gasteiger partial charge in [-0.2, -0.15) is 0 Å². The van der Waals surface area contributed by atoms with Crippen molar-refractivity contribution in [3.05, 3.63) is 24.3 Å². The van der Waals surface area contributed by atoms with Crippen LogP contribution in [0.1, 0.15) is 27.7 Å². The molecule has 2 fully saturated rings. The Kier molecular flexibility index (Phi) is 9.58. The van der Waals surface area contributed by atoms with Gasteiger partial charge in [-0.25, -0.2) is 0 Å². The predicted octanol–water partition coefficient (Wildman–Crippen LogP) is 1.38. The highest BCUT2D eigenvalue weighted by Crippen LogP contribution is 2.19. The van der Waals surface area contributed by atoms with Crippen LogP contribution >= 0.6 is 0 Å². The number of benzene rings is 1. The number of ether oxygens (including phenoxy) is 4. The summed E-state index contributed by atoms with van der Waals surface area (Å²) in [5, 5.41) is 20.7. The molecule has 2 aliphatic rings. The molecular weight excluding hydrogens is 412 g/mol. The Morgan fingerprint density at radius 2 is 1.03 bits per heavy atom. The molecule has 0 aromatic heterocycles. The molecule has 0 amide bonds. The second kappa shape index (κ2) is 12.2. The van der Waals surface area contributed by atoms with Gasteiger partial charge in [0.05, 0.1) is 24.4 Å². The lowest BCUT2D eigenvalue weighted by Gasteiger charge is -2.36. The highest BCUT2D eigenvalue weighted by atomic mass is 16.5. The van der Waals surface area contributed by atoms with E-state index in [1.807, 2.05) is 24.3 Å². The van der Waals surface area contributed by atoms with E-state index in [4.69, 9.17) is 18.9 Å². The normalized spacial score (nSPS) is 29.4. The van der Waals surface area contributed by atoms with Gasteiger partial charge in [0.15, 0.2) is 0 Å². The van der Waals surface area contributed by atoms with Gasteiger partial charge in [0.1, 0.15) is 36.9 Å². The summed E-state index contributed by atoms with van der Waals surface area (Å²) in [6.07, 6.45) is -0.413. The van der Waals surface area contributed by atoms with Crippen molar-refractivity contribution in [3.8, 4) is 11.5 Å². The van der Waals surface area contributed by atoms with Crippen LogP contribution in [0.2, 0.25) is 0 Å². The van der Waals surface area contributed by atoms with Gasteiger partial charge in [0.2, 0.25) is 0 Å². The minimum absolute atomic E-state index is 0.180. The standard InChI is InChI=1S/C24H40N2O6/c1-17-9-25(10-18(2)31-17)13-21(27)15-29-23-5-7-24(8-6-23)30-16-22(28)14-26-11-19(3)32-20(4)12-26/h5-8,17-22,27-28H,9-16H2,1-4H3/t17-,18-,19-,20+,21-,22+/m1/s1. The number of aliphatic hydroxyl groups excluding tert-OH is 2. The van der Waals surface area contributed by atoms with E-state index >= 15 is 0 Å². The topological polar surface area (TPSA) is 83.9 Å². The molecule has 1 aromatic rings. The second-order valence-corrected chi connectivity index (χ2v) is 9.35. The van der Waals surface area contributed by atoms with Crippen molar-refractivity contribution in [2.45, 2.75) is 64.3 Å². The molecule has 0 saturated carbocycles. The quantitative estimate of drug-likeness (QED) is 0.551. The Balaban J connectivity index is 1.34. The molecule has 3 rings (SSSR count). The minimum atomic E-state index is -0.566. The molecule has 0 radical (unpaired) electrons. The summed E-state index contributed by atoms with van der Waals surface area (Å²) < 4.78 is 22.9. The van der Waals surface area contributed by atoms with Gasteiger partial charge in [0, 0.05) is 39.3 Å². The first-order valence-corrected chi connectivity index (χ1v) is 11.7. The van der Waals surface area contributed by atoms with E-state index in [2.05, 4.69) is 37.5 Å². The van der Waals surface area contributed by atoms with Gasteiger partial charge < -0.3 is 29.2 Å². The van der Waals surface area contributed by atoms with Gasteiger partial charge in [-0.15, -0.1) is 0 Å². The lowest BCUT2D eigenvalue weighted by atomic mass is 10.2. The first-order valence-electron chi connectivity index (χ1n) is 11.7. The molecule has 0 unspecified atom stereocenters. The molecule has 6 atom stereocenters. The van der Waals surface area contributed by atoms with E-state index < -0.39 is 12.2 Å². The van der Waals surface area contributed by atoms with Gasteiger partial charge >= 0.3 is 0 Å². The molecule has 0 spiro atoms. The van der Waals surface area contributed by atoms with Crippen molar-refractivity contribution in [2.75, 3.05) is 52.5 Å². The van der Waals surface area contributed by atoms with Crippen molar-refractivity contribution in [1.29, 1.82) is 0 Å². The van der Waals surface area contributed by atoms with Crippen LogP contribution in [0.25, 0.3) is 0 Å². The Morgan fingerprint density at radius 1 is 0.719 bits per heavy atom. The van der Waals surface area contributed by atoms with Crippen molar-refractivity contribution in [1.82, 2.24) is 9.80 Å². The van der Waals surface area contributed by atoms with Crippen molar-refractivity contribution >= 4 is 0 Å². The largest absolute Gasteiger partial charge is 0.491 e. The molecule has 8 heteroatoms. The molecule has 32 heavy (non-hydrogen) atoms. The smallest absolute Gasteiger partial charge is 0.119 e. The van der Waals surface area contributed by atoms with Crippen LogP contribution in [0.3, 0.4) is 0 Å². The molecular formula is C24H40N2O6. The number of β-amino-alcohol motifs (C(OH)–C–C–N with tert-alkyl or cyclic N) is 2. The summed E-state index contributed by atoms with van der Waals surface area (Å²) in [7, 11) is 0. The second-order valence-electron chi connectivity index (χ2n) is 9.35.